The number of benzene rings is 3. The van der Waals surface area contributed by atoms with Crippen LogP contribution in [0.5, 0.6) is 0 Å². The second-order valence-corrected chi connectivity index (χ2v) is 8.23. The van der Waals surface area contributed by atoms with Gasteiger partial charge in [-0.15, -0.1) is 0 Å². The summed E-state index contributed by atoms with van der Waals surface area (Å²) in [4.78, 5) is 27.1. The van der Waals surface area contributed by atoms with Gasteiger partial charge in [0.15, 0.2) is 0 Å². The Hall–Kier alpha value is -3.44. The van der Waals surface area contributed by atoms with Crippen molar-refractivity contribution in [3.05, 3.63) is 96.1 Å². The lowest BCUT2D eigenvalue weighted by atomic mass is 10.0. The highest BCUT2D eigenvalue weighted by atomic mass is 16.2. The third-order valence-corrected chi connectivity index (χ3v) is 5.87. The number of nitrogens with one attached hydrogen (secondary N) is 2. The quantitative estimate of drug-likeness (QED) is 0.602. The van der Waals surface area contributed by atoms with E-state index in [0.29, 0.717) is 5.56 Å². The molecular formula is C27H29N3O2. The molecule has 0 radical (unpaired) electrons. The minimum absolute atomic E-state index is 0.0104. The number of hydrogen-bond acceptors (Lipinski definition) is 3. The number of carbonyl (C=O) groups excluding carboxylic acids is 2. The van der Waals surface area contributed by atoms with E-state index in [1.165, 1.54) is 5.56 Å². The third-order valence-electron chi connectivity index (χ3n) is 5.87. The molecule has 1 fully saturated rings. The van der Waals surface area contributed by atoms with Gasteiger partial charge in [-0.05, 0) is 41.7 Å². The molecule has 1 aliphatic heterocycles. The Bertz CT molecular complexity index is 1010. The average molecular weight is 428 g/mol. The van der Waals surface area contributed by atoms with Gasteiger partial charge in [-0.1, -0.05) is 72.8 Å². The van der Waals surface area contributed by atoms with Gasteiger partial charge in [0.1, 0.15) is 0 Å². The lowest BCUT2D eigenvalue weighted by molar-refractivity contribution is -0.121. The molecule has 1 aliphatic rings. The minimum atomic E-state index is -0.238. The number of carbonyl (C=O) groups is 2. The summed E-state index contributed by atoms with van der Waals surface area (Å²) < 4.78 is 0. The van der Waals surface area contributed by atoms with Crippen molar-refractivity contribution >= 4 is 11.8 Å². The molecule has 0 aliphatic carbocycles. The molecule has 1 saturated heterocycles. The van der Waals surface area contributed by atoms with Gasteiger partial charge in [0, 0.05) is 31.2 Å². The van der Waals surface area contributed by atoms with Gasteiger partial charge in [0.2, 0.25) is 5.91 Å². The van der Waals surface area contributed by atoms with Crippen LogP contribution in [-0.4, -0.2) is 42.4 Å². The molecule has 0 bridgehead atoms. The molecule has 5 nitrogen and oxygen atoms in total. The zero-order valence-electron chi connectivity index (χ0n) is 18.2. The van der Waals surface area contributed by atoms with Crippen LogP contribution in [0.25, 0.3) is 11.1 Å². The van der Waals surface area contributed by atoms with Crippen molar-refractivity contribution in [3.8, 4) is 11.1 Å². The van der Waals surface area contributed by atoms with Crippen LogP contribution in [-0.2, 0) is 11.3 Å². The standard InChI is InChI=1S/C27H29N3O2/c31-26(29-25-15-17-30(18-16-25)20-21-7-3-1-4-8-21)19-28-27(32)24-13-11-23(12-14-24)22-9-5-2-6-10-22/h1-14,25H,15-20H2,(H,28,32)(H,29,31). The Morgan fingerprint density at radius 2 is 1.38 bits per heavy atom. The molecule has 164 valence electrons. The fourth-order valence-corrected chi connectivity index (χ4v) is 4.06. The molecule has 3 aromatic rings. The van der Waals surface area contributed by atoms with Crippen LogP contribution in [0.3, 0.4) is 0 Å². The molecule has 32 heavy (non-hydrogen) atoms. The van der Waals surface area contributed by atoms with Gasteiger partial charge in [0.05, 0.1) is 6.54 Å². The molecule has 0 unspecified atom stereocenters. The zero-order chi connectivity index (χ0) is 22.2. The molecule has 3 aromatic carbocycles. The van der Waals surface area contributed by atoms with E-state index < -0.39 is 0 Å². The summed E-state index contributed by atoms with van der Waals surface area (Å²) in [6.07, 6.45) is 1.85. The van der Waals surface area contributed by atoms with Crippen LogP contribution >= 0.6 is 0 Å². The molecular weight excluding hydrogens is 398 g/mol. The lowest BCUT2D eigenvalue weighted by Gasteiger charge is -2.32. The third kappa shape index (κ3) is 6.05. The van der Waals surface area contributed by atoms with E-state index in [-0.39, 0.29) is 24.4 Å². The molecule has 0 saturated carbocycles. The predicted octanol–water partition coefficient (Wildman–Crippen LogP) is 3.86. The smallest absolute Gasteiger partial charge is 0.251 e. The maximum atomic E-state index is 12.4. The Balaban J connectivity index is 1.18. The van der Waals surface area contributed by atoms with E-state index in [2.05, 4.69) is 39.8 Å². The van der Waals surface area contributed by atoms with Crippen molar-refractivity contribution in [2.45, 2.75) is 25.4 Å². The summed E-state index contributed by atoms with van der Waals surface area (Å²) in [7, 11) is 0. The van der Waals surface area contributed by atoms with E-state index >= 15 is 0 Å². The van der Waals surface area contributed by atoms with Gasteiger partial charge in [-0.25, -0.2) is 0 Å². The first-order chi connectivity index (χ1) is 15.7. The summed E-state index contributed by atoms with van der Waals surface area (Å²) in [5.74, 6) is -0.377. The number of nitrogens with zero attached hydrogens (tertiary/aromatic N) is 1. The number of rotatable bonds is 7. The summed E-state index contributed by atoms with van der Waals surface area (Å²) >= 11 is 0. The number of likely N-dealkylation sites (tertiary alicyclic amines) is 1. The maximum absolute atomic E-state index is 12.4. The highest BCUT2D eigenvalue weighted by molar-refractivity contribution is 5.96. The molecule has 4 rings (SSSR count). The van der Waals surface area contributed by atoms with E-state index in [1.54, 1.807) is 12.1 Å². The first-order valence-electron chi connectivity index (χ1n) is 11.2. The maximum Gasteiger partial charge on any atom is 0.251 e. The summed E-state index contributed by atoms with van der Waals surface area (Å²) in [6, 6.07) is 28.1. The van der Waals surface area contributed by atoms with Crippen molar-refractivity contribution in [3.63, 3.8) is 0 Å². The highest BCUT2D eigenvalue weighted by Gasteiger charge is 2.21. The second kappa shape index (κ2) is 10.7. The van der Waals surface area contributed by atoms with Crippen LogP contribution in [0.1, 0.15) is 28.8 Å². The zero-order valence-corrected chi connectivity index (χ0v) is 18.2. The molecule has 1 heterocycles. The van der Waals surface area contributed by atoms with Crippen molar-refractivity contribution in [2.24, 2.45) is 0 Å². The van der Waals surface area contributed by atoms with Crippen LogP contribution in [0.15, 0.2) is 84.9 Å². The average Bonchev–Trinajstić information content (AvgIpc) is 2.85. The molecule has 0 atom stereocenters. The van der Waals surface area contributed by atoms with Crippen LogP contribution in [0, 0.1) is 0 Å². The number of piperidine rings is 1. The van der Waals surface area contributed by atoms with E-state index in [0.717, 1.165) is 43.6 Å². The number of amides is 2. The predicted molar refractivity (Wildman–Crippen MR) is 127 cm³/mol. The first-order valence-corrected chi connectivity index (χ1v) is 11.2. The summed E-state index contributed by atoms with van der Waals surface area (Å²) in [5.41, 5.74) is 4.02. The molecule has 0 spiro atoms. The Morgan fingerprint density at radius 1 is 0.781 bits per heavy atom. The normalized spacial score (nSPS) is 14.6. The summed E-state index contributed by atoms with van der Waals surface area (Å²) in [5, 5.41) is 5.79. The van der Waals surface area contributed by atoms with Gasteiger partial charge < -0.3 is 10.6 Å². The number of hydrogen-bond donors (Lipinski definition) is 2. The molecule has 5 heteroatoms. The van der Waals surface area contributed by atoms with Crippen LogP contribution in [0.2, 0.25) is 0 Å². The Labute approximate surface area is 189 Å². The Morgan fingerprint density at radius 3 is 2.03 bits per heavy atom. The minimum Gasteiger partial charge on any atom is -0.352 e. The van der Waals surface area contributed by atoms with Gasteiger partial charge in [-0.2, -0.15) is 0 Å². The van der Waals surface area contributed by atoms with Crippen molar-refractivity contribution in [2.75, 3.05) is 19.6 Å². The lowest BCUT2D eigenvalue weighted by Crippen LogP contribution is -2.47. The Kier molecular flexibility index (Phi) is 7.31. The van der Waals surface area contributed by atoms with Crippen molar-refractivity contribution in [1.82, 2.24) is 15.5 Å². The van der Waals surface area contributed by atoms with E-state index in [9.17, 15) is 9.59 Å². The van der Waals surface area contributed by atoms with Gasteiger partial charge in [0.25, 0.3) is 5.91 Å². The first kappa shape index (κ1) is 21.8. The SMILES string of the molecule is O=C(CNC(=O)c1ccc(-c2ccccc2)cc1)NC1CCN(Cc2ccccc2)CC1. The van der Waals surface area contributed by atoms with E-state index in [1.807, 2.05) is 48.5 Å². The van der Waals surface area contributed by atoms with Gasteiger partial charge in [-0.3, -0.25) is 14.5 Å². The summed E-state index contributed by atoms with van der Waals surface area (Å²) in [6.45, 7) is 2.85. The second-order valence-electron chi connectivity index (χ2n) is 8.23. The highest BCUT2D eigenvalue weighted by Crippen LogP contribution is 2.19. The molecule has 0 aromatic heterocycles. The fourth-order valence-electron chi connectivity index (χ4n) is 4.06. The molecule has 2 N–H and O–H groups in total. The van der Waals surface area contributed by atoms with E-state index in [4.69, 9.17) is 0 Å². The monoisotopic (exact) mass is 427 g/mol. The van der Waals surface area contributed by atoms with Crippen molar-refractivity contribution in [1.29, 1.82) is 0 Å². The molecule has 2 amide bonds. The van der Waals surface area contributed by atoms with Gasteiger partial charge >= 0.3 is 0 Å². The topological polar surface area (TPSA) is 61.4 Å². The van der Waals surface area contributed by atoms with Crippen LogP contribution in [0.4, 0.5) is 0 Å². The fraction of sp³-hybridized carbons (Fsp3) is 0.259. The van der Waals surface area contributed by atoms with Crippen molar-refractivity contribution < 1.29 is 9.59 Å². The largest absolute Gasteiger partial charge is 0.352 e. The van der Waals surface area contributed by atoms with Crippen LogP contribution < -0.4 is 10.6 Å².